The van der Waals surface area contributed by atoms with Gasteiger partial charge in [0.25, 0.3) is 5.91 Å². The maximum atomic E-state index is 12.9. The van der Waals surface area contributed by atoms with Gasteiger partial charge in [0, 0.05) is 37.0 Å². The van der Waals surface area contributed by atoms with Crippen LogP contribution in [0.25, 0.3) is 0 Å². The molecule has 2 saturated carbocycles. The molecule has 2 N–H and O–H groups in total. The summed E-state index contributed by atoms with van der Waals surface area (Å²) in [5.74, 6) is 0.162. The lowest BCUT2D eigenvalue weighted by Gasteiger charge is -2.46. The first-order chi connectivity index (χ1) is 18.2. The molecule has 3 aliphatic rings. The number of hydrogen-bond donors (Lipinski definition) is 2. The van der Waals surface area contributed by atoms with Gasteiger partial charge >= 0.3 is 6.18 Å². The standard InChI is InChI=1S/C28H33F3N4O3/c29-28(30,31)21-4-1-3-19(13-21)27(37)33-15-25(36)34-22-16-35(17-22)23-10-7-18(8-11-23)20-9-12-26(32-14-20)38-24-5-2-6-24/h1,3-4,9,12-14,18,22-24H,2,5-8,10-11,15-17H2,(H,33,37)(H,34,36). The monoisotopic (exact) mass is 530 g/mol. The molecule has 3 fully saturated rings. The predicted molar refractivity (Wildman–Crippen MR) is 135 cm³/mol. The third kappa shape index (κ3) is 6.46. The van der Waals surface area contributed by atoms with Crippen LogP contribution in [0.5, 0.6) is 5.88 Å². The van der Waals surface area contributed by atoms with Gasteiger partial charge in [-0.3, -0.25) is 14.5 Å². The number of likely N-dealkylation sites (tertiary alicyclic amines) is 1. The highest BCUT2D eigenvalue weighted by molar-refractivity contribution is 5.96. The van der Waals surface area contributed by atoms with E-state index >= 15 is 0 Å². The molecule has 38 heavy (non-hydrogen) atoms. The number of rotatable bonds is 8. The van der Waals surface area contributed by atoms with E-state index in [1.807, 2.05) is 12.3 Å². The predicted octanol–water partition coefficient (Wildman–Crippen LogP) is 4.29. The molecule has 0 bridgehead atoms. The van der Waals surface area contributed by atoms with Gasteiger partial charge in [0.1, 0.15) is 6.10 Å². The molecule has 0 spiro atoms. The number of benzene rings is 1. The first-order valence-corrected chi connectivity index (χ1v) is 13.4. The van der Waals surface area contributed by atoms with Crippen LogP contribution in [0, 0.1) is 0 Å². The zero-order chi connectivity index (χ0) is 26.7. The van der Waals surface area contributed by atoms with Crippen molar-refractivity contribution in [3.63, 3.8) is 0 Å². The van der Waals surface area contributed by atoms with E-state index in [0.717, 1.165) is 69.6 Å². The lowest BCUT2D eigenvalue weighted by Crippen LogP contribution is -2.63. The van der Waals surface area contributed by atoms with E-state index in [1.165, 1.54) is 24.1 Å². The molecule has 1 aromatic carbocycles. The molecule has 0 atom stereocenters. The fourth-order valence-electron chi connectivity index (χ4n) is 5.42. The van der Waals surface area contributed by atoms with Crippen LogP contribution in [0.1, 0.15) is 72.3 Å². The van der Waals surface area contributed by atoms with Crippen molar-refractivity contribution in [3.8, 4) is 5.88 Å². The molecule has 204 valence electrons. The van der Waals surface area contributed by atoms with Crippen molar-refractivity contribution in [1.82, 2.24) is 20.5 Å². The number of carbonyl (C=O) groups excluding carboxylic acids is 2. The van der Waals surface area contributed by atoms with Crippen molar-refractivity contribution in [2.24, 2.45) is 0 Å². The summed E-state index contributed by atoms with van der Waals surface area (Å²) in [5.41, 5.74) is 0.235. The molecule has 1 aromatic heterocycles. The highest BCUT2D eigenvalue weighted by Crippen LogP contribution is 2.36. The summed E-state index contributed by atoms with van der Waals surface area (Å²) in [5, 5.41) is 5.29. The molecule has 5 rings (SSSR count). The average molecular weight is 531 g/mol. The van der Waals surface area contributed by atoms with Gasteiger partial charge in [-0.1, -0.05) is 12.1 Å². The number of carbonyl (C=O) groups is 2. The van der Waals surface area contributed by atoms with E-state index in [1.54, 1.807) is 0 Å². The second kappa shape index (κ2) is 11.3. The number of ether oxygens (including phenoxy) is 1. The minimum absolute atomic E-state index is 0.0121. The number of halogens is 3. The van der Waals surface area contributed by atoms with Gasteiger partial charge < -0.3 is 15.4 Å². The molecule has 7 nitrogen and oxygen atoms in total. The Hall–Kier alpha value is -3.14. The molecule has 0 unspecified atom stereocenters. The first kappa shape index (κ1) is 26.5. The number of nitrogens with zero attached hydrogens (tertiary/aromatic N) is 2. The van der Waals surface area contributed by atoms with Crippen molar-refractivity contribution in [2.45, 2.75) is 75.2 Å². The second-order valence-corrected chi connectivity index (χ2v) is 10.6. The van der Waals surface area contributed by atoms with Gasteiger partial charge in [0.15, 0.2) is 0 Å². The van der Waals surface area contributed by atoms with E-state index in [9.17, 15) is 22.8 Å². The quantitative estimate of drug-likeness (QED) is 0.532. The Morgan fingerprint density at radius 1 is 1.03 bits per heavy atom. The van der Waals surface area contributed by atoms with Crippen LogP contribution in [0.3, 0.4) is 0 Å². The molecule has 2 amide bonds. The first-order valence-electron chi connectivity index (χ1n) is 13.4. The number of pyridine rings is 1. The van der Waals surface area contributed by atoms with Gasteiger partial charge in [-0.15, -0.1) is 0 Å². The summed E-state index contributed by atoms with van der Waals surface area (Å²) in [7, 11) is 0. The van der Waals surface area contributed by atoms with Crippen LogP contribution in [-0.4, -0.2) is 59.5 Å². The largest absolute Gasteiger partial charge is 0.474 e. The number of hydrogen-bond acceptors (Lipinski definition) is 5. The van der Waals surface area contributed by atoms with Gasteiger partial charge in [-0.05, 0) is 74.6 Å². The molecule has 2 heterocycles. The maximum Gasteiger partial charge on any atom is 0.416 e. The summed E-state index contributed by atoms with van der Waals surface area (Å²) < 4.78 is 44.4. The van der Waals surface area contributed by atoms with Crippen molar-refractivity contribution in [3.05, 3.63) is 59.3 Å². The van der Waals surface area contributed by atoms with Crippen LogP contribution < -0.4 is 15.4 Å². The molecule has 1 aliphatic heterocycles. The van der Waals surface area contributed by atoms with E-state index in [2.05, 4.69) is 26.6 Å². The van der Waals surface area contributed by atoms with Gasteiger partial charge in [0.2, 0.25) is 11.8 Å². The maximum absolute atomic E-state index is 12.9. The molecular formula is C28H33F3N4O3. The molecule has 2 aromatic rings. The summed E-state index contributed by atoms with van der Waals surface area (Å²) in [6, 6.07) is 8.79. The number of alkyl halides is 3. The number of amides is 2. The van der Waals surface area contributed by atoms with Crippen LogP contribution >= 0.6 is 0 Å². The summed E-state index contributed by atoms with van der Waals surface area (Å²) in [6.07, 6.45) is 5.63. The third-order valence-electron chi connectivity index (χ3n) is 7.92. The molecule has 2 aliphatic carbocycles. The Morgan fingerprint density at radius 3 is 2.42 bits per heavy atom. The van der Waals surface area contributed by atoms with Crippen LogP contribution in [-0.2, 0) is 11.0 Å². The highest BCUT2D eigenvalue weighted by atomic mass is 19.4. The zero-order valence-corrected chi connectivity index (χ0v) is 21.2. The fraction of sp³-hybridized carbons (Fsp3) is 0.536. The Labute approximate surface area is 220 Å². The molecule has 10 heteroatoms. The van der Waals surface area contributed by atoms with Crippen molar-refractivity contribution < 1.29 is 27.5 Å². The van der Waals surface area contributed by atoms with Crippen LogP contribution in [0.2, 0.25) is 0 Å². The number of nitrogens with one attached hydrogen (secondary N) is 2. The van der Waals surface area contributed by atoms with Crippen LogP contribution in [0.15, 0.2) is 42.6 Å². The minimum atomic E-state index is -4.53. The third-order valence-corrected chi connectivity index (χ3v) is 7.92. The molecule has 0 radical (unpaired) electrons. The fourth-order valence-corrected chi connectivity index (χ4v) is 5.42. The van der Waals surface area contributed by atoms with E-state index < -0.39 is 17.6 Å². The topological polar surface area (TPSA) is 83.6 Å². The van der Waals surface area contributed by atoms with Gasteiger partial charge in [-0.25, -0.2) is 4.98 Å². The van der Waals surface area contributed by atoms with E-state index in [-0.39, 0.29) is 24.1 Å². The van der Waals surface area contributed by atoms with Crippen molar-refractivity contribution in [2.75, 3.05) is 19.6 Å². The summed E-state index contributed by atoms with van der Waals surface area (Å²) >= 11 is 0. The van der Waals surface area contributed by atoms with Gasteiger partial charge in [0.05, 0.1) is 18.2 Å². The summed E-state index contributed by atoms with van der Waals surface area (Å²) in [6.45, 7) is 1.24. The molecular weight excluding hydrogens is 497 g/mol. The zero-order valence-electron chi connectivity index (χ0n) is 21.2. The van der Waals surface area contributed by atoms with Crippen LogP contribution in [0.4, 0.5) is 13.2 Å². The number of aromatic nitrogens is 1. The minimum Gasteiger partial charge on any atom is -0.474 e. The van der Waals surface area contributed by atoms with E-state index in [0.29, 0.717) is 18.1 Å². The lowest BCUT2D eigenvalue weighted by atomic mass is 9.81. The Balaban J connectivity index is 0.991. The Morgan fingerprint density at radius 2 is 1.79 bits per heavy atom. The van der Waals surface area contributed by atoms with E-state index in [4.69, 9.17) is 4.74 Å². The highest BCUT2D eigenvalue weighted by Gasteiger charge is 2.35. The molecule has 1 saturated heterocycles. The Bertz CT molecular complexity index is 1120. The SMILES string of the molecule is O=C(CNC(=O)c1cccc(C(F)(F)F)c1)NC1CN(C2CCC(c3ccc(OC4CCC4)nc3)CC2)C1. The van der Waals surface area contributed by atoms with Crippen molar-refractivity contribution >= 4 is 11.8 Å². The smallest absolute Gasteiger partial charge is 0.416 e. The average Bonchev–Trinajstić information content (AvgIpc) is 2.87. The van der Waals surface area contributed by atoms with Crippen molar-refractivity contribution in [1.29, 1.82) is 0 Å². The second-order valence-electron chi connectivity index (χ2n) is 10.6. The lowest BCUT2D eigenvalue weighted by molar-refractivity contribution is -0.137. The Kier molecular flexibility index (Phi) is 7.88. The normalized spacial score (nSPS) is 22.7. The van der Waals surface area contributed by atoms with Gasteiger partial charge in [-0.2, -0.15) is 13.2 Å². The summed E-state index contributed by atoms with van der Waals surface area (Å²) in [4.78, 5) is 31.3.